The van der Waals surface area contributed by atoms with E-state index in [-0.39, 0.29) is 5.70 Å². The molecule has 2 heterocycles. The highest BCUT2D eigenvalue weighted by Gasteiger charge is 2.29. The van der Waals surface area contributed by atoms with E-state index in [1.54, 1.807) is 0 Å². The summed E-state index contributed by atoms with van der Waals surface area (Å²) in [6.45, 7) is 0.699. The molecule has 10 heteroatoms. The first-order valence-electron chi connectivity index (χ1n) is 5.63. The Morgan fingerprint density at radius 1 is 1.45 bits per heavy atom. The molecule has 4 N–H and O–H groups in total. The Labute approximate surface area is 112 Å². The summed E-state index contributed by atoms with van der Waals surface area (Å²) in [5.74, 6) is -3.64. The number of hydrazine groups is 1. The van der Waals surface area contributed by atoms with E-state index >= 15 is 0 Å². The van der Waals surface area contributed by atoms with Crippen molar-refractivity contribution in [3.63, 3.8) is 0 Å². The van der Waals surface area contributed by atoms with Crippen molar-refractivity contribution < 1.29 is 24.4 Å². The third kappa shape index (κ3) is 2.64. The molecule has 2 rings (SSSR count). The lowest BCUT2D eigenvalue weighted by molar-refractivity contribution is -0.135. The predicted octanol–water partition coefficient (Wildman–Crippen LogP) is -2.30. The number of nitrogens with one attached hydrogen (secondary N) is 3. The monoisotopic (exact) mass is 281 g/mol. The fourth-order valence-electron chi connectivity index (χ4n) is 1.64. The summed E-state index contributed by atoms with van der Waals surface area (Å²) in [6, 6.07) is -0.456. The van der Waals surface area contributed by atoms with Crippen molar-refractivity contribution in [2.75, 3.05) is 13.1 Å². The number of nitrogens with zero attached hydrogens (tertiary/aromatic N) is 2. The number of hydroxylamine groups is 1. The van der Waals surface area contributed by atoms with Gasteiger partial charge in [-0.15, -0.1) is 0 Å². The first-order valence-corrected chi connectivity index (χ1v) is 5.63. The molecule has 0 aromatic carbocycles. The van der Waals surface area contributed by atoms with Crippen molar-refractivity contribution in [2.45, 2.75) is 0 Å². The van der Waals surface area contributed by atoms with E-state index in [1.807, 2.05) is 0 Å². The lowest BCUT2D eigenvalue weighted by Gasteiger charge is -2.17. The van der Waals surface area contributed by atoms with E-state index in [0.29, 0.717) is 13.1 Å². The second kappa shape index (κ2) is 5.48. The van der Waals surface area contributed by atoms with Crippen LogP contribution in [0.4, 0.5) is 4.79 Å². The van der Waals surface area contributed by atoms with Gasteiger partial charge in [0, 0.05) is 18.8 Å². The molecule has 0 radical (unpaired) electrons. The number of rotatable bonds is 3. The van der Waals surface area contributed by atoms with E-state index in [9.17, 15) is 19.2 Å². The number of amides is 4. The zero-order valence-electron chi connectivity index (χ0n) is 10.1. The molecule has 1 fully saturated rings. The van der Waals surface area contributed by atoms with Crippen LogP contribution in [0.2, 0.25) is 0 Å². The van der Waals surface area contributed by atoms with E-state index < -0.39 is 29.5 Å². The molecule has 0 aromatic rings. The molecule has 0 bridgehead atoms. The van der Waals surface area contributed by atoms with Gasteiger partial charge in [-0.25, -0.2) is 15.3 Å². The zero-order chi connectivity index (χ0) is 14.7. The van der Waals surface area contributed by atoms with Gasteiger partial charge in [0.25, 0.3) is 11.8 Å². The molecule has 1 saturated heterocycles. The quantitative estimate of drug-likeness (QED) is 0.262. The van der Waals surface area contributed by atoms with Crippen molar-refractivity contribution in [1.82, 2.24) is 21.2 Å². The Bertz CT molecular complexity index is 540. The van der Waals surface area contributed by atoms with Crippen LogP contribution in [-0.4, -0.2) is 53.1 Å². The minimum atomic E-state index is -1.27. The second-order valence-electron chi connectivity index (χ2n) is 3.99. The van der Waals surface area contributed by atoms with Crippen molar-refractivity contribution >= 4 is 29.8 Å². The largest absolute Gasteiger partial charge is 0.336 e. The van der Waals surface area contributed by atoms with Crippen molar-refractivity contribution in [3.05, 3.63) is 11.8 Å². The summed E-state index contributed by atoms with van der Waals surface area (Å²) in [5, 5.41) is 12.0. The van der Waals surface area contributed by atoms with Gasteiger partial charge in [-0.05, 0) is 0 Å². The van der Waals surface area contributed by atoms with Gasteiger partial charge in [-0.3, -0.25) is 30.0 Å². The molecule has 0 aliphatic carbocycles. The molecule has 4 amide bonds. The van der Waals surface area contributed by atoms with Crippen LogP contribution in [0.3, 0.4) is 0 Å². The van der Waals surface area contributed by atoms with Gasteiger partial charge in [-0.2, -0.15) is 0 Å². The van der Waals surface area contributed by atoms with E-state index in [0.717, 1.165) is 17.3 Å². The van der Waals surface area contributed by atoms with Crippen molar-refractivity contribution in [3.8, 4) is 0 Å². The normalized spacial score (nSPS) is 21.4. The third-order valence-corrected chi connectivity index (χ3v) is 2.67. The maximum atomic E-state index is 11.8. The molecule has 1 atom stereocenters. The molecule has 2 aliphatic rings. The van der Waals surface area contributed by atoms with Gasteiger partial charge >= 0.3 is 6.03 Å². The van der Waals surface area contributed by atoms with Gasteiger partial charge in [0.05, 0.1) is 6.54 Å². The van der Waals surface area contributed by atoms with Gasteiger partial charge in [0.15, 0.2) is 5.78 Å². The minimum absolute atomic E-state index is 0.225. The number of aliphatic imine (C=N–C) groups is 1. The number of carbonyl (C=O) groups excluding carboxylic acids is 4. The highest BCUT2D eigenvalue weighted by atomic mass is 16.5. The Kier molecular flexibility index (Phi) is 3.75. The number of hydrogen-bond donors (Lipinski definition) is 4. The molecule has 1 unspecified atom stereocenters. The Morgan fingerprint density at radius 3 is 2.75 bits per heavy atom. The van der Waals surface area contributed by atoms with Crippen LogP contribution in [0.25, 0.3) is 0 Å². The number of urea groups is 1. The lowest BCUT2D eigenvalue weighted by Crippen LogP contribution is -2.45. The zero-order valence-corrected chi connectivity index (χ0v) is 10.1. The molecule has 0 spiro atoms. The topological polar surface area (TPSA) is 140 Å². The summed E-state index contributed by atoms with van der Waals surface area (Å²) in [4.78, 5) is 49.4. The Morgan fingerprint density at radius 2 is 2.20 bits per heavy atom. The van der Waals surface area contributed by atoms with Gasteiger partial charge < -0.3 is 5.32 Å². The minimum Gasteiger partial charge on any atom is -0.335 e. The maximum absolute atomic E-state index is 11.8. The van der Waals surface area contributed by atoms with Crippen LogP contribution in [0.5, 0.6) is 0 Å². The standard InChI is InChI=1S/C10H11N5O5/c16-7-3-6(12-4-5(7)8(17)14-20)9(18)13-15-2-1-11-10(15)19/h3-5,20H,1-2H2,(H,11,19)(H,13,18)(H,14,17). The van der Waals surface area contributed by atoms with Crippen LogP contribution in [0.1, 0.15) is 0 Å². The SMILES string of the molecule is O=C(NN1CCNC1=O)C1=CC(=O)C(C(=O)NO)C=N1. The lowest BCUT2D eigenvalue weighted by atomic mass is 10.0. The predicted molar refractivity (Wildman–Crippen MR) is 63.2 cm³/mol. The summed E-state index contributed by atoms with van der Waals surface area (Å²) < 4.78 is 0. The van der Waals surface area contributed by atoms with E-state index in [2.05, 4.69) is 15.7 Å². The Balaban J connectivity index is 2.02. The van der Waals surface area contributed by atoms with Gasteiger partial charge in [0.2, 0.25) is 0 Å². The number of ketones is 1. The second-order valence-corrected chi connectivity index (χ2v) is 3.99. The van der Waals surface area contributed by atoms with Gasteiger partial charge in [0.1, 0.15) is 11.6 Å². The van der Waals surface area contributed by atoms with Gasteiger partial charge in [-0.1, -0.05) is 0 Å². The van der Waals surface area contributed by atoms with Crippen LogP contribution in [0.15, 0.2) is 16.8 Å². The van der Waals surface area contributed by atoms with Crippen LogP contribution >= 0.6 is 0 Å². The first-order chi connectivity index (χ1) is 9.52. The third-order valence-electron chi connectivity index (χ3n) is 2.67. The molecular formula is C10H11N5O5. The molecule has 0 aromatic heterocycles. The molecule has 10 nitrogen and oxygen atoms in total. The molecule has 2 aliphatic heterocycles. The summed E-state index contributed by atoms with van der Waals surface area (Å²) in [6.07, 6.45) is 1.83. The average Bonchev–Trinajstić information content (AvgIpc) is 2.83. The van der Waals surface area contributed by atoms with Crippen molar-refractivity contribution in [2.24, 2.45) is 10.9 Å². The fraction of sp³-hybridized carbons (Fsp3) is 0.300. The molecule has 20 heavy (non-hydrogen) atoms. The maximum Gasteiger partial charge on any atom is 0.336 e. The summed E-state index contributed by atoms with van der Waals surface area (Å²) >= 11 is 0. The van der Waals surface area contributed by atoms with E-state index in [4.69, 9.17) is 5.21 Å². The fourth-order valence-corrected chi connectivity index (χ4v) is 1.64. The Hall–Kier alpha value is -2.75. The number of hydrogen-bond acceptors (Lipinski definition) is 6. The first kappa shape index (κ1) is 13.7. The highest BCUT2D eigenvalue weighted by molar-refractivity contribution is 6.21. The number of carbonyl (C=O) groups is 4. The molecule has 106 valence electrons. The molecular weight excluding hydrogens is 270 g/mol. The summed E-state index contributed by atoms with van der Waals surface area (Å²) in [5.41, 5.74) is 3.38. The summed E-state index contributed by atoms with van der Waals surface area (Å²) in [7, 11) is 0. The molecule has 0 saturated carbocycles. The van der Waals surface area contributed by atoms with Crippen LogP contribution < -0.4 is 16.2 Å². The van der Waals surface area contributed by atoms with Crippen LogP contribution in [0, 0.1) is 5.92 Å². The van der Waals surface area contributed by atoms with Crippen molar-refractivity contribution in [1.29, 1.82) is 0 Å². The smallest absolute Gasteiger partial charge is 0.335 e. The highest BCUT2D eigenvalue weighted by Crippen LogP contribution is 2.10. The van der Waals surface area contributed by atoms with Crippen LogP contribution in [-0.2, 0) is 14.4 Å². The number of allylic oxidation sites excluding steroid dienone is 1. The average molecular weight is 281 g/mol. The van der Waals surface area contributed by atoms with E-state index in [1.165, 1.54) is 5.48 Å².